The fourth-order valence-corrected chi connectivity index (χ4v) is 1.96. The summed E-state index contributed by atoms with van der Waals surface area (Å²) < 4.78 is 0. The minimum atomic E-state index is -0.130. The van der Waals surface area contributed by atoms with Crippen molar-refractivity contribution in [1.82, 2.24) is 4.98 Å². The van der Waals surface area contributed by atoms with Gasteiger partial charge in [-0.25, -0.2) is 4.98 Å². The zero-order valence-electron chi connectivity index (χ0n) is 8.88. The molecule has 0 unspecified atom stereocenters. The molecular formula is C12H9N3OS. The van der Waals surface area contributed by atoms with Crippen molar-refractivity contribution >= 4 is 22.4 Å². The van der Waals surface area contributed by atoms with E-state index in [4.69, 9.17) is 5.26 Å². The van der Waals surface area contributed by atoms with Gasteiger partial charge in [-0.15, -0.1) is 0 Å². The third-order valence-corrected chi connectivity index (χ3v) is 2.89. The maximum Gasteiger partial charge on any atom is 0.230 e. The number of benzene rings is 1. The molecule has 1 aromatic heterocycles. The lowest BCUT2D eigenvalue weighted by Gasteiger charge is -2.01. The topological polar surface area (TPSA) is 65.8 Å². The molecule has 2 rings (SSSR count). The van der Waals surface area contributed by atoms with Gasteiger partial charge in [0, 0.05) is 0 Å². The third kappa shape index (κ3) is 3.13. The van der Waals surface area contributed by atoms with Crippen LogP contribution >= 0.6 is 11.3 Å². The van der Waals surface area contributed by atoms with Crippen molar-refractivity contribution in [1.29, 1.82) is 5.26 Å². The molecule has 0 aliphatic rings. The maximum atomic E-state index is 11.7. The lowest BCUT2D eigenvalue weighted by Crippen LogP contribution is -2.13. The Hall–Kier alpha value is -2.19. The standard InChI is InChI=1S/C12H9N3OS/c13-7-10-8-14-12(17-10)15-11(16)6-9-4-2-1-3-5-9/h1-5,8H,6H2,(H,14,15,16). The Morgan fingerprint density at radius 1 is 1.41 bits per heavy atom. The first-order valence-corrected chi connectivity index (χ1v) is 5.79. The highest BCUT2D eigenvalue weighted by molar-refractivity contribution is 7.16. The van der Waals surface area contributed by atoms with Crippen LogP contribution in [-0.4, -0.2) is 10.9 Å². The van der Waals surface area contributed by atoms with E-state index in [1.165, 1.54) is 17.5 Å². The van der Waals surface area contributed by atoms with E-state index in [0.29, 0.717) is 16.4 Å². The number of amides is 1. The van der Waals surface area contributed by atoms with Gasteiger partial charge in [-0.1, -0.05) is 41.7 Å². The first kappa shape index (κ1) is 11.3. The van der Waals surface area contributed by atoms with Crippen LogP contribution < -0.4 is 5.32 Å². The lowest BCUT2D eigenvalue weighted by atomic mass is 10.1. The molecule has 0 atom stereocenters. The van der Waals surface area contributed by atoms with Crippen LogP contribution in [0, 0.1) is 11.3 Å². The van der Waals surface area contributed by atoms with Crippen LogP contribution in [0.4, 0.5) is 5.13 Å². The number of thiazole rings is 1. The van der Waals surface area contributed by atoms with Crippen LogP contribution in [0.25, 0.3) is 0 Å². The summed E-state index contributed by atoms with van der Waals surface area (Å²) >= 11 is 1.17. The summed E-state index contributed by atoms with van der Waals surface area (Å²) in [5.74, 6) is -0.130. The molecule has 0 spiro atoms. The van der Waals surface area contributed by atoms with Gasteiger partial charge in [0.1, 0.15) is 10.9 Å². The highest BCUT2D eigenvalue weighted by Gasteiger charge is 2.06. The van der Waals surface area contributed by atoms with Gasteiger partial charge in [0.15, 0.2) is 5.13 Å². The molecule has 1 N–H and O–H groups in total. The normalized spacial score (nSPS) is 9.59. The van der Waals surface area contributed by atoms with Crippen molar-refractivity contribution in [2.75, 3.05) is 5.32 Å². The summed E-state index contributed by atoms with van der Waals surface area (Å²) in [6.07, 6.45) is 1.76. The molecular weight excluding hydrogens is 234 g/mol. The molecule has 0 bridgehead atoms. The number of rotatable bonds is 3. The molecule has 1 amide bonds. The molecule has 0 saturated heterocycles. The molecule has 84 valence electrons. The Labute approximate surface area is 103 Å². The molecule has 0 saturated carbocycles. The second-order valence-corrected chi connectivity index (χ2v) is 4.38. The smallest absolute Gasteiger partial charge is 0.230 e. The Bertz CT molecular complexity index is 557. The van der Waals surface area contributed by atoms with Gasteiger partial charge in [0.25, 0.3) is 0 Å². The number of nitriles is 1. The van der Waals surface area contributed by atoms with Crippen molar-refractivity contribution in [3.8, 4) is 6.07 Å². The molecule has 0 fully saturated rings. The minimum absolute atomic E-state index is 0.130. The fourth-order valence-electron chi connectivity index (χ4n) is 1.33. The predicted molar refractivity (Wildman–Crippen MR) is 65.6 cm³/mol. The Morgan fingerprint density at radius 2 is 2.18 bits per heavy atom. The van der Waals surface area contributed by atoms with Gasteiger partial charge in [-0.3, -0.25) is 4.79 Å². The van der Waals surface area contributed by atoms with Crippen LogP contribution in [0.1, 0.15) is 10.4 Å². The van der Waals surface area contributed by atoms with Crippen molar-refractivity contribution in [3.05, 3.63) is 47.0 Å². The zero-order chi connectivity index (χ0) is 12.1. The van der Waals surface area contributed by atoms with Crippen LogP contribution in [0.15, 0.2) is 36.5 Å². The summed E-state index contributed by atoms with van der Waals surface area (Å²) in [6.45, 7) is 0. The molecule has 1 heterocycles. The van der Waals surface area contributed by atoms with E-state index < -0.39 is 0 Å². The van der Waals surface area contributed by atoms with Gasteiger partial charge in [-0.05, 0) is 5.56 Å². The predicted octanol–water partition coefficient (Wildman–Crippen LogP) is 2.20. The number of aromatic nitrogens is 1. The molecule has 5 heteroatoms. The van der Waals surface area contributed by atoms with Crippen molar-refractivity contribution in [2.45, 2.75) is 6.42 Å². The lowest BCUT2D eigenvalue weighted by molar-refractivity contribution is -0.115. The van der Waals surface area contributed by atoms with E-state index >= 15 is 0 Å². The summed E-state index contributed by atoms with van der Waals surface area (Å²) in [6, 6.07) is 11.4. The number of carbonyl (C=O) groups excluding carboxylic acids is 1. The fraction of sp³-hybridized carbons (Fsp3) is 0.0833. The van der Waals surface area contributed by atoms with Gasteiger partial charge in [-0.2, -0.15) is 5.26 Å². The number of anilines is 1. The summed E-state index contributed by atoms with van der Waals surface area (Å²) in [4.78, 5) is 16.1. The van der Waals surface area contributed by atoms with Gasteiger partial charge in [0.05, 0.1) is 12.6 Å². The van der Waals surface area contributed by atoms with E-state index in [9.17, 15) is 4.79 Å². The van der Waals surface area contributed by atoms with Crippen LogP contribution in [0.2, 0.25) is 0 Å². The largest absolute Gasteiger partial charge is 0.302 e. The molecule has 0 aliphatic heterocycles. The van der Waals surface area contributed by atoms with Crippen LogP contribution in [0.3, 0.4) is 0 Å². The van der Waals surface area contributed by atoms with Gasteiger partial charge in [0.2, 0.25) is 5.91 Å². The van der Waals surface area contributed by atoms with Gasteiger partial charge >= 0.3 is 0 Å². The summed E-state index contributed by atoms with van der Waals surface area (Å²) in [5.41, 5.74) is 0.946. The number of carbonyl (C=O) groups is 1. The molecule has 2 aromatic rings. The van der Waals surface area contributed by atoms with Gasteiger partial charge < -0.3 is 5.32 Å². The Morgan fingerprint density at radius 3 is 2.82 bits per heavy atom. The van der Waals surface area contributed by atoms with Crippen molar-refractivity contribution in [3.63, 3.8) is 0 Å². The Kier molecular flexibility index (Phi) is 3.48. The minimum Gasteiger partial charge on any atom is -0.302 e. The van der Waals surface area contributed by atoms with Crippen LogP contribution in [-0.2, 0) is 11.2 Å². The van der Waals surface area contributed by atoms with E-state index in [-0.39, 0.29) is 5.91 Å². The average molecular weight is 243 g/mol. The molecule has 4 nitrogen and oxygen atoms in total. The van der Waals surface area contributed by atoms with E-state index in [1.807, 2.05) is 36.4 Å². The second-order valence-electron chi connectivity index (χ2n) is 3.35. The SMILES string of the molecule is N#Cc1cnc(NC(=O)Cc2ccccc2)s1. The third-order valence-electron chi connectivity index (χ3n) is 2.07. The van der Waals surface area contributed by atoms with Crippen molar-refractivity contribution in [2.24, 2.45) is 0 Å². The first-order valence-electron chi connectivity index (χ1n) is 4.97. The quantitative estimate of drug-likeness (QED) is 0.898. The summed E-state index contributed by atoms with van der Waals surface area (Å²) in [7, 11) is 0. The Balaban J connectivity index is 1.96. The van der Waals surface area contributed by atoms with E-state index in [1.54, 1.807) is 0 Å². The highest BCUT2D eigenvalue weighted by Crippen LogP contribution is 2.16. The second kappa shape index (κ2) is 5.23. The van der Waals surface area contributed by atoms with Crippen LogP contribution in [0.5, 0.6) is 0 Å². The molecule has 0 aliphatic carbocycles. The highest BCUT2D eigenvalue weighted by atomic mass is 32.1. The maximum absolute atomic E-state index is 11.7. The number of hydrogen-bond acceptors (Lipinski definition) is 4. The van der Waals surface area contributed by atoms with Crippen molar-refractivity contribution < 1.29 is 4.79 Å². The number of nitrogens with one attached hydrogen (secondary N) is 1. The number of nitrogens with zero attached hydrogens (tertiary/aromatic N) is 2. The van der Waals surface area contributed by atoms with E-state index in [0.717, 1.165) is 5.56 Å². The number of hydrogen-bond donors (Lipinski definition) is 1. The zero-order valence-corrected chi connectivity index (χ0v) is 9.70. The molecule has 0 radical (unpaired) electrons. The molecule has 1 aromatic carbocycles. The molecule has 17 heavy (non-hydrogen) atoms. The average Bonchev–Trinajstić information content (AvgIpc) is 2.78. The first-order chi connectivity index (χ1) is 8.28. The van der Waals surface area contributed by atoms with E-state index in [2.05, 4.69) is 10.3 Å². The monoisotopic (exact) mass is 243 g/mol. The summed E-state index contributed by atoms with van der Waals surface area (Å²) in [5, 5.41) is 11.8.